The number of hydrogen-bond donors (Lipinski definition) is 3. The van der Waals surface area contributed by atoms with E-state index in [9.17, 15) is 29.7 Å². The predicted molar refractivity (Wildman–Crippen MR) is 195 cm³/mol. The smallest absolute Gasteiger partial charge is 0.339 e. The average molecular weight is 726 g/mol. The van der Waals surface area contributed by atoms with Crippen molar-refractivity contribution in [1.82, 2.24) is 0 Å². The number of phenolic OH excluding ortho intramolecular Hbond substituents is 1. The predicted octanol–water partition coefficient (Wildman–Crippen LogP) is 5.84. The number of carboxylic acid groups (broad SMARTS) is 1. The van der Waals surface area contributed by atoms with Crippen LogP contribution >= 0.6 is 0 Å². The van der Waals surface area contributed by atoms with Crippen LogP contribution < -0.4 is 14.4 Å². The normalized spacial score (nSPS) is 26.0. The first-order valence-electron chi connectivity index (χ1n) is 17.5. The molecule has 4 aliphatic rings. The van der Waals surface area contributed by atoms with Crippen LogP contribution in [-0.4, -0.2) is 58.9 Å². The van der Waals surface area contributed by atoms with Gasteiger partial charge in [-0.1, -0.05) is 72.3 Å². The largest absolute Gasteiger partial charge is 0.507 e. The highest BCUT2D eigenvalue weighted by Crippen LogP contribution is 2.65. The minimum atomic E-state index is -1.60. The number of carbonyl (C=O) groups is 5. The number of phenols is 2. The van der Waals surface area contributed by atoms with Crippen LogP contribution in [0, 0.1) is 23.7 Å². The first kappa shape index (κ1) is 34.6. The maximum atomic E-state index is 15.3. The Balaban J connectivity index is 1.37. The van der Waals surface area contributed by atoms with Gasteiger partial charge in [-0.05, 0) is 48.1 Å². The van der Waals surface area contributed by atoms with E-state index in [1.165, 1.54) is 32.4 Å². The van der Waals surface area contributed by atoms with Gasteiger partial charge < -0.3 is 24.8 Å². The summed E-state index contributed by atoms with van der Waals surface area (Å²) in [6, 6.07) is 24.4. The Hall–Kier alpha value is -6.49. The van der Waals surface area contributed by atoms with Gasteiger partial charge in [0.15, 0.2) is 11.6 Å². The van der Waals surface area contributed by atoms with Gasteiger partial charge in [-0.15, -0.1) is 0 Å². The van der Waals surface area contributed by atoms with Crippen molar-refractivity contribution >= 4 is 40.6 Å². The van der Waals surface area contributed by atoms with E-state index >= 15 is 9.59 Å². The molecule has 3 aliphatic carbocycles. The molecule has 0 bridgehead atoms. The van der Waals surface area contributed by atoms with Crippen molar-refractivity contribution in [3.63, 3.8) is 0 Å². The Bertz CT molecular complexity index is 2330. The number of aromatic hydroxyl groups is 2. The maximum absolute atomic E-state index is 15.3. The molecule has 272 valence electrons. The Morgan fingerprint density at radius 1 is 0.815 bits per heavy atom. The van der Waals surface area contributed by atoms with Crippen molar-refractivity contribution in [2.75, 3.05) is 19.1 Å². The molecule has 0 unspecified atom stereocenters. The van der Waals surface area contributed by atoms with Crippen molar-refractivity contribution in [3.05, 3.63) is 131 Å². The number of carbonyl (C=O) groups excluding carboxylic acids is 4. The summed E-state index contributed by atoms with van der Waals surface area (Å²) in [7, 11) is 2.87. The van der Waals surface area contributed by atoms with Gasteiger partial charge in [0.25, 0.3) is 0 Å². The number of amides is 2. The number of Topliss-reactive ketones (excluding diaryl/α,β-unsaturated/α-hetero) is 1. The van der Waals surface area contributed by atoms with E-state index in [0.717, 1.165) is 17.0 Å². The number of aromatic carboxylic acids is 1. The van der Waals surface area contributed by atoms with Crippen molar-refractivity contribution in [1.29, 1.82) is 0 Å². The van der Waals surface area contributed by atoms with Crippen molar-refractivity contribution in [3.8, 4) is 23.0 Å². The molecule has 2 amide bonds. The number of nitrogens with zero attached hydrogens (tertiary/aromatic N) is 1. The second-order valence-corrected chi connectivity index (χ2v) is 14.1. The van der Waals surface area contributed by atoms with Crippen LogP contribution in [0.3, 0.4) is 0 Å². The molecule has 1 saturated heterocycles. The van der Waals surface area contributed by atoms with E-state index in [-0.39, 0.29) is 58.3 Å². The Morgan fingerprint density at radius 2 is 1.52 bits per heavy atom. The summed E-state index contributed by atoms with van der Waals surface area (Å²) in [4.78, 5) is 71.7. The summed E-state index contributed by atoms with van der Waals surface area (Å²) >= 11 is 0. The average Bonchev–Trinajstić information content (AvgIpc) is 3.44. The monoisotopic (exact) mass is 725 g/mol. The van der Waals surface area contributed by atoms with Crippen LogP contribution in [0.25, 0.3) is 5.57 Å². The zero-order valence-electron chi connectivity index (χ0n) is 29.3. The minimum absolute atomic E-state index is 0.0159. The number of rotatable bonds is 7. The van der Waals surface area contributed by atoms with Gasteiger partial charge >= 0.3 is 5.97 Å². The van der Waals surface area contributed by atoms with Gasteiger partial charge in [-0.25, -0.2) is 9.69 Å². The molecule has 6 atom stereocenters. The fraction of sp³-hybridized carbons (Fsp3) is 0.233. The molecule has 1 aliphatic heterocycles. The molecule has 4 aromatic carbocycles. The number of hydrogen-bond acceptors (Lipinski definition) is 9. The number of carboxylic acids is 1. The molecule has 11 nitrogen and oxygen atoms in total. The molecule has 54 heavy (non-hydrogen) atoms. The van der Waals surface area contributed by atoms with E-state index in [1.54, 1.807) is 54.6 Å². The third kappa shape index (κ3) is 4.91. The quantitative estimate of drug-likeness (QED) is 0.156. The SMILES string of the molecule is COc1cc(O)c([C@H]2C3=CC[C@@H]4C(=O)N(c5ccc(C(=O)O)c(O)c5)C(=O)[C@@H]4[C@@H]3C[C@H]3C(=O)C(c4ccccc4)=CC(=O)[C@@]23c2ccccc2)c(OC)c1. The lowest BCUT2D eigenvalue weighted by molar-refractivity contribution is -0.135. The minimum Gasteiger partial charge on any atom is -0.507 e. The summed E-state index contributed by atoms with van der Waals surface area (Å²) in [5, 5.41) is 31.8. The second kappa shape index (κ2) is 12.9. The molecule has 3 N–H and O–H groups in total. The molecular formula is C43H35NO10. The number of anilines is 1. The molecule has 8 rings (SSSR count). The summed E-state index contributed by atoms with van der Waals surface area (Å²) in [6.07, 6.45) is 3.39. The van der Waals surface area contributed by atoms with Crippen LogP contribution in [0.2, 0.25) is 0 Å². The van der Waals surface area contributed by atoms with Crippen molar-refractivity contribution < 1.29 is 48.8 Å². The van der Waals surface area contributed by atoms with E-state index in [0.29, 0.717) is 22.4 Å². The lowest BCUT2D eigenvalue weighted by atomic mass is 9.44. The molecule has 0 aromatic heterocycles. The Kier molecular flexibility index (Phi) is 8.24. The van der Waals surface area contributed by atoms with Gasteiger partial charge in [0, 0.05) is 41.2 Å². The maximum Gasteiger partial charge on any atom is 0.339 e. The van der Waals surface area contributed by atoms with Crippen molar-refractivity contribution in [2.24, 2.45) is 23.7 Å². The van der Waals surface area contributed by atoms with Gasteiger partial charge in [0.05, 0.1) is 37.2 Å². The number of imide groups is 1. The Labute approximate surface area is 309 Å². The first-order valence-corrected chi connectivity index (χ1v) is 17.5. The van der Waals surface area contributed by atoms with E-state index in [2.05, 4.69) is 0 Å². The molecule has 11 heteroatoms. The van der Waals surface area contributed by atoms with Gasteiger partial charge in [0.2, 0.25) is 11.8 Å². The van der Waals surface area contributed by atoms with Crippen LogP contribution in [0.15, 0.2) is 109 Å². The molecular weight excluding hydrogens is 690 g/mol. The van der Waals surface area contributed by atoms with E-state index < -0.39 is 58.5 Å². The topological polar surface area (TPSA) is 168 Å². The highest BCUT2D eigenvalue weighted by atomic mass is 16.5. The summed E-state index contributed by atoms with van der Waals surface area (Å²) in [6.45, 7) is 0. The summed E-state index contributed by atoms with van der Waals surface area (Å²) < 4.78 is 11.3. The number of fused-ring (bicyclic) bond motifs is 4. The number of ketones is 2. The fourth-order valence-corrected chi connectivity index (χ4v) is 9.45. The van der Waals surface area contributed by atoms with Gasteiger partial charge in [-0.2, -0.15) is 0 Å². The van der Waals surface area contributed by atoms with Crippen molar-refractivity contribution in [2.45, 2.75) is 24.2 Å². The van der Waals surface area contributed by atoms with Gasteiger partial charge in [-0.3, -0.25) is 19.2 Å². The standard InChI is InChI=1S/C43H35NO10/c1-53-25-18-33(46)37(34(19-25)54-2)38-26-15-16-28-36(41(50)44(40(28)49)24-13-14-27(42(51)52)32(45)17-24)30(26)20-31-39(48)29(22-9-5-3-6-10-22)21-35(47)43(31,38)23-11-7-4-8-12-23/h3-15,17-19,21,28,30-31,36,38,45-46H,16,20H2,1-2H3,(H,51,52)/t28-,30+,31-,36-,38+,43-/m0/s1. The molecule has 0 radical (unpaired) electrons. The fourth-order valence-electron chi connectivity index (χ4n) is 9.45. The lowest BCUT2D eigenvalue weighted by Gasteiger charge is -2.55. The van der Waals surface area contributed by atoms with E-state index in [1.807, 2.05) is 18.2 Å². The zero-order chi connectivity index (χ0) is 38.1. The number of ether oxygens (including phenoxy) is 2. The number of methoxy groups -OCH3 is 2. The summed E-state index contributed by atoms with van der Waals surface area (Å²) in [5.74, 6) is -8.15. The molecule has 2 fully saturated rings. The Morgan fingerprint density at radius 3 is 2.17 bits per heavy atom. The van der Waals surface area contributed by atoms with Crippen LogP contribution in [0.5, 0.6) is 23.0 Å². The van der Waals surface area contributed by atoms with Crippen LogP contribution in [0.4, 0.5) is 5.69 Å². The lowest BCUT2D eigenvalue weighted by Crippen LogP contribution is -2.58. The zero-order valence-corrected chi connectivity index (χ0v) is 29.3. The molecule has 0 spiro atoms. The molecule has 4 aromatic rings. The third-order valence-electron chi connectivity index (χ3n) is 11.7. The highest BCUT2D eigenvalue weighted by Gasteiger charge is 2.66. The van der Waals surface area contributed by atoms with Crippen LogP contribution in [-0.2, 0) is 24.6 Å². The number of benzene rings is 4. The third-order valence-corrected chi connectivity index (χ3v) is 11.7. The summed E-state index contributed by atoms with van der Waals surface area (Å²) in [5.41, 5.74) is 0.210. The van der Waals surface area contributed by atoms with E-state index in [4.69, 9.17) is 9.47 Å². The number of allylic oxidation sites excluding steroid dienone is 4. The second-order valence-electron chi connectivity index (χ2n) is 14.1. The highest BCUT2D eigenvalue weighted by molar-refractivity contribution is 6.32. The first-order chi connectivity index (χ1) is 26.0. The molecule has 1 saturated carbocycles. The molecule has 1 heterocycles. The van der Waals surface area contributed by atoms with Gasteiger partial charge in [0.1, 0.15) is 28.6 Å². The van der Waals surface area contributed by atoms with Crippen LogP contribution in [0.1, 0.15) is 45.8 Å².